The van der Waals surface area contributed by atoms with Crippen molar-refractivity contribution in [3.8, 4) is 0 Å². The Morgan fingerprint density at radius 3 is 2.39 bits per heavy atom. The third-order valence-corrected chi connectivity index (χ3v) is 5.47. The monoisotopic (exact) mass is 462 g/mol. The topological polar surface area (TPSA) is 84.5 Å². The maximum atomic E-state index is 12.8. The summed E-state index contributed by atoms with van der Waals surface area (Å²) in [6, 6.07) is 19.8. The zero-order valence-corrected chi connectivity index (χ0v) is 19.4. The smallest absolute Gasteiger partial charge is 0.340 e. The number of esters is 1. The predicted octanol–water partition coefficient (Wildman–Crippen LogP) is 4.86. The second-order valence-corrected chi connectivity index (χ2v) is 8.67. The Bertz CT molecular complexity index is 1120. The van der Waals surface area contributed by atoms with Crippen LogP contribution in [0, 0.1) is 5.92 Å². The summed E-state index contributed by atoms with van der Waals surface area (Å²) in [5, 5.41) is 7.37. The Morgan fingerprint density at radius 1 is 0.970 bits per heavy atom. The van der Waals surface area contributed by atoms with Gasteiger partial charge in [-0.1, -0.05) is 62.4 Å². The van der Waals surface area contributed by atoms with E-state index in [0.717, 1.165) is 10.4 Å². The lowest BCUT2D eigenvalue weighted by atomic mass is 10.1. The van der Waals surface area contributed by atoms with Gasteiger partial charge in [0.2, 0.25) is 0 Å². The number of thiophene rings is 1. The number of carbonyl (C=O) groups is 3. The van der Waals surface area contributed by atoms with Crippen LogP contribution in [0.5, 0.6) is 0 Å². The maximum absolute atomic E-state index is 12.8. The van der Waals surface area contributed by atoms with E-state index in [4.69, 9.17) is 4.74 Å². The summed E-state index contributed by atoms with van der Waals surface area (Å²) < 4.78 is 5.30. The van der Waals surface area contributed by atoms with Crippen molar-refractivity contribution in [2.24, 2.45) is 5.92 Å². The first-order valence-electron chi connectivity index (χ1n) is 10.6. The molecule has 0 bridgehead atoms. The fraction of sp³-hybridized carbons (Fsp3) is 0.192. The fourth-order valence-corrected chi connectivity index (χ4v) is 3.69. The molecule has 0 unspecified atom stereocenters. The quantitative estimate of drug-likeness (QED) is 0.351. The van der Waals surface area contributed by atoms with Gasteiger partial charge in [0.25, 0.3) is 11.8 Å². The lowest BCUT2D eigenvalue weighted by Crippen LogP contribution is -2.29. The molecule has 0 aliphatic carbocycles. The van der Waals surface area contributed by atoms with Gasteiger partial charge in [-0.25, -0.2) is 4.79 Å². The van der Waals surface area contributed by atoms with Gasteiger partial charge >= 0.3 is 5.97 Å². The molecule has 0 aliphatic heterocycles. The number of carbonyl (C=O) groups excluding carboxylic acids is 3. The summed E-state index contributed by atoms with van der Waals surface area (Å²) in [4.78, 5) is 38.5. The molecule has 6 nitrogen and oxygen atoms in total. The van der Waals surface area contributed by atoms with E-state index in [1.165, 1.54) is 11.3 Å². The molecular formula is C26H26N2O4S. The summed E-state index contributed by atoms with van der Waals surface area (Å²) in [7, 11) is 0. The number of rotatable bonds is 9. The number of hydrogen-bond donors (Lipinski definition) is 2. The Hall–Kier alpha value is -3.71. The minimum Gasteiger partial charge on any atom is -0.452 e. The highest BCUT2D eigenvalue weighted by molar-refractivity contribution is 7.11. The third-order valence-electron chi connectivity index (χ3n) is 4.57. The van der Waals surface area contributed by atoms with Crippen molar-refractivity contribution < 1.29 is 19.1 Å². The Morgan fingerprint density at radius 2 is 1.70 bits per heavy atom. The minimum absolute atomic E-state index is 0.276. The lowest BCUT2D eigenvalue weighted by molar-refractivity contribution is -0.141. The molecule has 0 radical (unpaired) electrons. The van der Waals surface area contributed by atoms with E-state index >= 15 is 0 Å². The maximum Gasteiger partial charge on any atom is 0.340 e. The lowest BCUT2D eigenvalue weighted by Gasteiger charge is -2.13. The largest absolute Gasteiger partial charge is 0.452 e. The van der Waals surface area contributed by atoms with Gasteiger partial charge in [-0.3, -0.25) is 9.59 Å². The van der Waals surface area contributed by atoms with Crippen LogP contribution >= 0.6 is 11.3 Å². The van der Waals surface area contributed by atoms with E-state index < -0.39 is 18.5 Å². The average Bonchev–Trinajstić information content (AvgIpc) is 3.35. The molecule has 0 spiro atoms. The fourth-order valence-electron chi connectivity index (χ4n) is 2.96. The Labute approximate surface area is 197 Å². The van der Waals surface area contributed by atoms with Crippen LogP contribution in [0.3, 0.4) is 0 Å². The molecule has 0 saturated heterocycles. The molecule has 0 aliphatic rings. The summed E-state index contributed by atoms with van der Waals surface area (Å²) in [5.41, 5.74) is 1.93. The van der Waals surface area contributed by atoms with Crippen LogP contribution < -0.4 is 10.6 Å². The van der Waals surface area contributed by atoms with Gasteiger partial charge in [-0.05, 0) is 41.1 Å². The van der Waals surface area contributed by atoms with Gasteiger partial charge in [-0.2, -0.15) is 0 Å². The van der Waals surface area contributed by atoms with Crippen LogP contribution in [-0.2, 0) is 14.3 Å². The van der Waals surface area contributed by atoms with Crippen molar-refractivity contribution in [2.75, 3.05) is 18.5 Å². The molecular weight excluding hydrogens is 436 g/mol. The summed E-state index contributed by atoms with van der Waals surface area (Å²) in [5.74, 6) is -1.10. The SMILES string of the molecule is CC(C)CNC(=O)c1ccccc1NC(=O)COC(=O)C(=Cc1ccccc1)c1cccs1. The number of para-hydroxylation sites is 1. The molecule has 3 rings (SSSR count). The van der Waals surface area contributed by atoms with Crippen molar-refractivity contribution in [3.63, 3.8) is 0 Å². The van der Waals surface area contributed by atoms with Crippen molar-refractivity contribution in [3.05, 3.63) is 88.1 Å². The van der Waals surface area contributed by atoms with Crippen LogP contribution in [0.4, 0.5) is 5.69 Å². The van der Waals surface area contributed by atoms with Crippen molar-refractivity contribution in [2.45, 2.75) is 13.8 Å². The standard InChI is InChI=1S/C26H26N2O4S/c1-18(2)16-27-25(30)20-11-6-7-12-22(20)28-24(29)17-32-26(31)21(23-13-8-14-33-23)15-19-9-4-3-5-10-19/h3-15,18H,16-17H2,1-2H3,(H,27,30)(H,28,29). The molecule has 33 heavy (non-hydrogen) atoms. The number of amides is 2. The van der Waals surface area contributed by atoms with Gasteiger partial charge in [0.05, 0.1) is 16.8 Å². The second-order valence-electron chi connectivity index (χ2n) is 7.72. The first-order valence-corrected chi connectivity index (χ1v) is 11.5. The predicted molar refractivity (Wildman–Crippen MR) is 132 cm³/mol. The van der Waals surface area contributed by atoms with E-state index in [2.05, 4.69) is 10.6 Å². The van der Waals surface area contributed by atoms with Crippen molar-refractivity contribution in [1.82, 2.24) is 5.32 Å². The highest BCUT2D eigenvalue weighted by Gasteiger charge is 2.18. The first-order chi connectivity index (χ1) is 15.9. The van der Waals surface area contributed by atoms with Crippen molar-refractivity contribution in [1.29, 1.82) is 0 Å². The number of nitrogens with one attached hydrogen (secondary N) is 2. The van der Waals surface area contributed by atoms with E-state index in [0.29, 0.717) is 29.3 Å². The molecule has 1 aromatic heterocycles. The van der Waals surface area contributed by atoms with Crippen LogP contribution in [0.25, 0.3) is 11.6 Å². The van der Waals surface area contributed by atoms with E-state index in [-0.39, 0.29) is 5.91 Å². The van der Waals surface area contributed by atoms with E-state index in [1.54, 1.807) is 30.3 Å². The van der Waals surface area contributed by atoms with Gasteiger partial charge in [-0.15, -0.1) is 11.3 Å². The van der Waals surface area contributed by atoms with Crippen molar-refractivity contribution >= 4 is 46.5 Å². The number of hydrogen-bond acceptors (Lipinski definition) is 5. The molecule has 2 aromatic carbocycles. The molecule has 1 heterocycles. The van der Waals surface area contributed by atoms with Gasteiger partial charge in [0, 0.05) is 11.4 Å². The molecule has 3 aromatic rings. The van der Waals surface area contributed by atoms with Gasteiger partial charge in [0.1, 0.15) is 0 Å². The highest BCUT2D eigenvalue weighted by atomic mass is 32.1. The molecule has 7 heteroatoms. The molecule has 2 N–H and O–H groups in total. The zero-order valence-electron chi connectivity index (χ0n) is 18.5. The summed E-state index contributed by atoms with van der Waals surface area (Å²) in [6.07, 6.45) is 1.74. The Kier molecular flexibility index (Phi) is 8.55. The summed E-state index contributed by atoms with van der Waals surface area (Å²) >= 11 is 1.41. The van der Waals surface area contributed by atoms with Gasteiger partial charge < -0.3 is 15.4 Å². The van der Waals surface area contributed by atoms with Crippen LogP contribution in [0.2, 0.25) is 0 Å². The number of ether oxygens (including phenoxy) is 1. The van der Waals surface area contributed by atoms with E-state index in [9.17, 15) is 14.4 Å². The van der Waals surface area contributed by atoms with Crippen LogP contribution in [0.1, 0.15) is 34.6 Å². The molecule has 2 amide bonds. The van der Waals surface area contributed by atoms with Crippen LogP contribution in [0.15, 0.2) is 72.1 Å². The first kappa shape index (κ1) is 23.9. The average molecular weight is 463 g/mol. The number of anilines is 1. The second kappa shape index (κ2) is 11.8. The molecule has 0 atom stereocenters. The van der Waals surface area contributed by atoms with E-state index in [1.807, 2.05) is 61.7 Å². The molecule has 170 valence electrons. The van der Waals surface area contributed by atoms with Gasteiger partial charge in [0.15, 0.2) is 6.61 Å². The number of benzene rings is 2. The molecule has 0 fully saturated rings. The minimum atomic E-state index is -0.598. The third kappa shape index (κ3) is 7.15. The Balaban J connectivity index is 1.66. The van der Waals surface area contributed by atoms with Crippen LogP contribution in [-0.4, -0.2) is 30.9 Å². The zero-order chi connectivity index (χ0) is 23.6. The highest BCUT2D eigenvalue weighted by Crippen LogP contribution is 2.24. The molecule has 0 saturated carbocycles. The normalized spacial score (nSPS) is 11.2. The summed E-state index contributed by atoms with van der Waals surface area (Å²) in [6.45, 7) is 4.05.